The summed E-state index contributed by atoms with van der Waals surface area (Å²) in [5, 5.41) is 7.18. The smallest absolute Gasteiger partial charge is 0.191 e. The highest BCUT2D eigenvalue weighted by Gasteiger charge is 2.25. The van der Waals surface area contributed by atoms with Crippen molar-refractivity contribution in [1.82, 2.24) is 15.2 Å². The van der Waals surface area contributed by atoms with Gasteiger partial charge in [0.05, 0.1) is 0 Å². The Balaban J connectivity index is 0.00000264. The maximum Gasteiger partial charge on any atom is 0.191 e. The van der Waals surface area contributed by atoms with Crippen LogP contribution in [0.3, 0.4) is 0 Å². The molecule has 0 aromatic carbocycles. The minimum atomic E-state index is -0.685. The Morgan fingerprint density at radius 1 is 1.48 bits per heavy atom. The molecule has 0 bridgehead atoms. The SMILES string of the molecule is CCS(=O)C1CCCC(NC(=NC)NCc2ccn(C)c2)C1.I. The second kappa shape index (κ2) is 10.3. The van der Waals surface area contributed by atoms with Crippen molar-refractivity contribution < 1.29 is 4.21 Å². The van der Waals surface area contributed by atoms with Crippen LogP contribution >= 0.6 is 24.0 Å². The zero-order valence-corrected chi connectivity index (χ0v) is 17.4. The van der Waals surface area contributed by atoms with Crippen LogP contribution in [-0.4, -0.2) is 38.8 Å². The van der Waals surface area contributed by atoms with E-state index in [4.69, 9.17) is 0 Å². The van der Waals surface area contributed by atoms with E-state index in [9.17, 15) is 4.21 Å². The summed E-state index contributed by atoms with van der Waals surface area (Å²) in [5.41, 5.74) is 1.24. The van der Waals surface area contributed by atoms with Crippen molar-refractivity contribution in [2.75, 3.05) is 12.8 Å². The van der Waals surface area contributed by atoms with Gasteiger partial charge in [-0.25, -0.2) is 0 Å². The first-order valence-electron chi connectivity index (χ1n) is 8.07. The molecule has 0 aliphatic heterocycles. The molecule has 3 atom stereocenters. The van der Waals surface area contributed by atoms with E-state index >= 15 is 0 Å². The molecule has 0 saturated heterocycles. The van der Waals surface area contributed by atoms with Gasteiger partial charge in [-0.1, -0.05) is 13.3 Å². The first kappa shape index (κ1) is 20.5. The predicted octanol–water partition coefficient (Wildman–Crippen LogP) is 2.39. The number of guanidine groups is 1. The van der Waals surface area contributed by atoms with Gasteiger partial charge in [0.1, 0.15) is 0 Å². The highest BCUT2D eigenvalue weighted by molar-refractivity contribution is 14.0. The van der Waals surface area contributed by atoms with E-state index in [1.165, 1.54) is 5.56 Å². The molecular weight excluding hydrogens is 423 g/mol. The number of aromatic nitrogens is 1. The minimum absolute atomic E-state index is 0. The van der Waals surface area contributed by atoms with Gasteiger partial charge in [-0.15, -0.1) is 24.0 Å². The average molecular weight is 452 g/mol. The molecule has 0 radical (unpaired) electrons. The quantitative estimate of drug-likeness (QED) is 0.410. The van der Waals surface area contributed by atoms with E-state index in [-0.39, 0.29) is 24.0 Å². The number of nitrogens with one attached hydrogen (secondary N) is 2. The molecule has 1 saturated carbocycles. The van der Waals surface area contributed by atoms with Gasteiger partial charge in [0.2, 0.25) is 0 Å². The zero-order chi connectivity index (χ0) is 15.9. The van der Waals surface area contributed by atoms with Crippen molar-refractivity contribution in [3.05, 3.63) is 24.0 Å². The van der Waals surface area contributed by atoms with Crippen LogP contribution in [0.1, 0.15) is 38.2 Å². The Labute approximate surface area is 159 Å². The molecule has 1 aliphatic carbocycles. The molecule has 1 aromatic heterocycles. The fraction of sp³-hybridized carbons (Fsp3) is 0.688. The van der Waals surface area contributed by atoms with E-state index in [0.717, 1.165) is 43.9 Å². The predicted molar refractivity (Wildman–Crippen MR) is 109 cm³/mol. The van der Waals surface area contributed by atoms with Crippen molar-refractivity contribution in [3.8, 4) is 0 Å². The third-order valence-electron chi connectivity index (χ3n) is 4.20. The number of aryl methyl sites for hydroxylation is 1. The fourth-order valence-corrected chi connectivity index (χ4v) is 4.34. The summed E-state index contributed by atoms with van der Waals surface area (Å²) in [6.45, 7) is 2.77. The Morgan fingerprint density at radius 2 is 2.26 bits per heavy atom. The second-order valence-electron chi connectivity index (χ2n) is 5.91. The topological polar surface area (TPSA) is 58.4 Å². The van der Waals surface area contributed by atoms with Crippen LogP contribution in [0, 0.1) is 0 Å². The highest BCUT2D eigenvalue weighted by Crippen LogP contribution is 2.22. The molecule has 2 N–H and O–H groups in total. The molecule has 5 nitrogen and oxygen atoms in total. The molecule has 2 rings (SSSR count). The van der Waals surface area contributed by atoms with E-state index in [1.54, 1.807) is 7.05 Å². The molecule has 3 unspecified atom stereocenters. The van der Waals surface area contributed by atoms with Gasteiger partial charge >= 0.3 is 0 Å². The van der Waals surface area contributed by atoms with Crippen LogP contribution in [0.15, 0.2) is 23.5 Å². The van der Waals surface area contributed by atoms with Crippen LogP contribution in [0.5, 0.6) is 0 Å². The van der Waals surface area contributed by atoms with Crippen molar-refractivity contribution in [2.45, 2.75) is 50.4 Å². The standard InChI is InChI=1S/C16H28N4OS.HI/c1-4-22(21)15-7-5-6-14(10-15)19-16(17-2)18-11-13-8-9-20(3)12-13;/h8-9,12,14-15H,4-7,10-11H2,1-3H3,(H2,17,18,19);1H. The molecule has 0 amide bonds. The van der Waals surface area contributed by atoms with E-state index in [0.29, 0.717) is 11.3 Å². The highest BCUT2D eigenvalue weighted by atomic mass is 127. The molecule has 7 heteroatoms. The van der Waals surface area contributed by atoms with E-state index in [2.05, 4.69) is 27.9 Å². The van der Waals surface area contributed by atoms with Gasteiger partial charge in [-0.05, 0) is 30.9 Å². The maximum absolute atomic E-state index is 12.0. The number of nitrogens with zero attached hydrogens (tertiary/aromatic N) is 2. The summed E-state index contributed by atoms with van der Waals surface area (Å²) in [4.78, 5) is 4.31. The summed E-state index contributed by atoms with van der Waals surface area (Å²) in [6.07, 6.45) is 8.48. The van der Waals surface area contributed by atoms with Gasteiger partial charge in [-0.2, -0.15) is 0 Å². The van der Waals surface area contributed by atoms with Crippen molar-refractivity contribution in [1.29, 1.82) is 0 Å². The molecule has 1 heterocycles. The van der Waals surface area contributed by atoms with E-state index in [1.807, 2.05) is 24.7 Å². The van der Waals surface area contributed by atoms with Gasteiger partial charge in [0.15, 0.2) is 5.96 Å². The molecule has 132 valence electrons. The first-order valence-corrected chi connectivity index (χ1v) is 9.45. The first-order chi connectivity index (χ1) is 10.6. The molecule has 0 spiro atoms. The lowest BCUT2D eigenvalue weighted by atomic mass is 9.95. The van der Waals surface area contributed by atoms with Crippen molar-refractivity contribution in [2.24, 2.45) is 12.0 Å². The average Bonchev–Trinajstić information content (AvgIpc) is 2.96. The molecule has 23 heavy (non-hydrogen) atoms. The monoisotopic (exact) mass is 452 g/mol. The summed E-state index contributed by atoms with van der Waals surface area (Å²) in [7, 11) is 3.13. The summed E-state index contributed by atoms with van der Waals surface area (Å²) >= 11 is 0. The van der Waals surface area contributed by atoms with Crippen molar-refractivity contribution >= 4 is 40.7 Å². The molecular formula is C16H29IN4OS. The second-order valence-corrected chi connectivity index (χ2v) is 7.92. The zero-order valence-electron chi connectivity index (χ0n) is 14.2. The summed E-state index contributed by atoms with van der Waals surface area (Å²) < 4.78 is 14.1. The van der Waals surface area contributed by atoms with Gasteiger partial charge < -0.3 is 15.2 Å². The Bertz CT molecular complexity index is 532. The van der Waals surface area contributed by atoms with Crippen molar-refractivity contribution in [3.63, 3.8) is 0 Å². The number of rotatable bonds is 5. The van der Waals surface area contributed by atoms with Gasteiger partial charge in [0.25, 0.3) is 0 Å². The number of aliphatic imine (C=N–C) groups is 1. The van der Waals surface area contributed by atoms with Crippen LogP contribution < -0.4 is 10.6 Å². The lowest BCUT2D eigenvalue weighted by Crippen LogP contribution is -2.46. The Morgan fingerprint density at radius 3 is 2.87 bits per heavy atom. The molecule has 1 aliphatic rings. The normalized spacial score (nSPS) is 23.0. The van der Waals surface area contributed by atoms with Gasteiger partial charge in [0, 0.05) is 60.9 Å². The fourth-order valence-electron chi connectivity index (χ4n) is 2.99. The number of hydrogen-bond acceptors (Lipinski definition) is 2. The Hall–Kier alpha value is -0.570. The molecule has 1 aromatic rings. The van der Waals surface area contributed by atoms with Crippen LogP contribution in [0.4, 0.5) is 0 Å². The number of halogens is 1. The summed E-state index contributed by atoms with van der Waals surface area (Å²) in [6, 6.07) is 2.47. The lowest BCUT2D eigenvalue weighted by Gasteiger charge is -2.30. The molecule has 1 fully saturated rings. The lowest BCUT2D eigenvalue weighted by molar-refractivity contribution is 0.413. The van der Waals surface area contributed by atoms with E-state index < -0.39 is 10.8 Å². The number of hydrogen-bond donors (Lipinski definition) is 2. The largest absolute Gasteiger partial charge is 0.357 e. The van der Waals surface area contributed by atoms with Crippen LogP contribution in [-0.2, 0) is 24.4 Å². The third kappa shape index (κ3) is 6.45. The van der Waals surface area contributed by atoms with Crippen LogP contribution in [0.25, 0.3) is 0 Å². The maximum atomic E-state index is 12.0. The minimum Gasteiger partial charge on any atom is -0.357 e. The van der Waals surface area contributed by atoms with Gasteiger partial charge in [-0.3, -0.25) is 9.20 Å². The van der Waals surface area contributed by atoms with Crippen LogP contribution in [0.2, 0.25) is 0 Å². The Kier molecular flexibility index (Phi) is 9.19. The summed E-state index contributed by atoms with van der Waals surface area (Å²) in [5.74, 6) is 1.59. The third-order valence-corrected chi connectivity index (χ3v) is 5.94.